The average molecular weight is 639 g/mol. The van der Waals surface area contributed by atoms with Crippen LogP contribution in [0.2, 0.25) is 0 Å². The molecule has 43 heavy (non-hydrogen) atoms. The summed E-state index contributed by atoms with van der Waals surface area (Å²) in [7, 11) is -6.67. The number of carbonyl (C=O) groups excluding carboxylic acids is 1. The highest BCUT2D eigenvalue weighted by molar-refractivity contribution is 7.92. The third kappa shape index (κ3) is 7.00. The van der Waals surface area contributed by atoms with Crippen molar-refractivity contribution in [2.45, 2.75) is 56.1 Å². The number of aliphatic hydroxyl groups excluding tert-OH is 1. The van der Waals surface area contributed by atoms with Crippen LogP contribution in [0, 0.1) is 25.6 Å². The molecule has 2 heterocycles. The zero-order chi connectivity index (χ0) is 31.7. The van der Waals surface area contributed by atoms with Crippen molar-refractivity contribution in [2.24, 2.45) is 5.92 Å². The van der Waals surface area contributed by atoms with Crippen LogP contribution in [-0.4, -0.2) is 81.1 Å². The molecule has 2 aromatic carbocycles. The van der Waals surface area contributed by atoms with Gasteiger partial charge in [0.25, 0.3) is 10.0 Å². The van der Waals surface area contributed by atoms with Crippen LogP contribution in [0.25, 0.3) is 0 Å². The number of benzene rings is 2. The highest BCUT2D eigenvalue weighted by Crippen LogP contribution is 2.31. The van der Waals surface area contributed by atoms with Crippen molar-refractivity contribution < 1.29 is 40.4 Å². The van der Waals surface area contributed by atoms with Crippen LogP contribution in [0.15, 0.2) is 56.8 Å². The second kappa shape index (κ2) is 12.6. The predicted molar refractivity (Wildman–Crippen MR) is 155 cm³/mol. The molecular weight excluding hydrogens is 603 g/mol. The van der Waals surface area contributed by atoms with Gasteiger partial charge >= 0.3 is 0 Å². The lowest BCUT2D eigenvalue weighted by atomic mass is 10.0. The Balaban J connectivity index is 1.69. The number of carbonyl (C=O) groups is 1. The Hall–Kier alpha value is -3.53. The second-order valence-electron chi connectivity index (χ2n) is 10.7. The molecule has 15 heteroatoms. The minimum Gasteiger partial charge on any atom is -0.488 e. The van der Waals surface area contributed by atoms with Gasteiger partial charge in [0.05, 0.1) is 30.5 Å². The predicted octanol–water partition coefficient (Wildman–Crippen LogP) is 2.70. The molecule has 0 saturated carbocycles. The van der Waals surface area contributed by atoms with Crippen LogP contribution < -0.4 is 9.46 Å². The van der Waals surface area contributed by atoms with Crippen molar-refractivity contribution in [3.05, 3.63) is 65.3 Å². The zero-order valence-electron chi connectivity index (χ0n) is 24.4. The van der Waals surface area contributed by atoms with Gasteiger partial charge in [-0.2, -0.15) is 4.31 Å². The van der Waals surface area contributed by atoms with E-state index in [1.54, 1.807) is 6.92 Å². The average Bonchev–Trinajstić information content (AvgIpc) is 3.31. The summed E-state index contributed by atoms with van der Waals surface area (Å²) in [5, 5.41) is 13.6. The number of nitrogens with zero attached hydrogens (tertiary/aromatic N) is 3. The van der Waals surface area contributed by atoms with Gasteiger partial charge in [-0.25, -0.2) is 21.2 Å². The number of likely N-dealkylation sites (N-methyl/N-ethyl adjacent to an activating group) is 1. The maximum Gasteiger partial charge on any atom is 0.261 e. The topological polar surface area (TPSA) is 159 Å². The maximum absolute atomic E-state index is 13.5. The summed E-state index contributed by atoms with van der Waals surface area (Å²) in [5.41, 5.74) is 0.722. The summed E-state index contributed by atoms with van der Waals surface area (Å²) in [6.45, 7) is 6.34. The number of ether oxygens (including phenoxy) is 1. The Kier molecular flexibility index (Phi) is 9.49. The van der Waals surface area contributed by atoms with E-state index in [1.807, 2.05) is 6.92 Å². The Morgan fingerprint density at radius 3 is 2.44 bits per heavy atom. The van der Waals surface area contributed by atoms with Crippen molar-refractivity contribution in [1.29, 1.82) is 0 Å². The normalized spacial score (nSPS) is 18.8. The summed E-state index contributed by atoms with van der Waals surface area (Å²) in [6.07, 6.45) is -0.918. The summed E-state index contributed by atoms with van der Waals surface area (Å²) in [4.78, 5) is 14.8. The quantitative estimate of drug-likeness (QED) is 0.359. The Labute approximate surface area is 250 Å². The first-order valence-electron chi connectivity index (χ1n) is 13.5. The van der Waals surface area contributed by atoms with Crippen LogP contribution >= 0.6 is 0 Å². The van der Waals surface area contributed by atoms with Gasteiger partial charge in [-0.15, -0.1) is 0 Å². The molecule has 1 aliphatic rings. The molecule has 2 N–H and O–H groups in total. The first-order valence-corrected chi connectivity index (χ1v) is 16.4. The Morgan fingerprint density at radius 2 is 1.84 bits per heavy atom. The van der Waals surface area contributed by atoms with Gasteiger partial charge in [-0.1, -0.05) is 12.1 Å². The molecule has 0 unspecified atom stereocenters. The van der Waals surface area contributed by atoms with Gasteiger partial charge in [0.2, 0.25) is 15.9 Å². The molecule has 0 fully saturated rings. The van der Waals surface area contributed by atoms with Crippen LogP contribution in [0.3, 0.4) is 0 Å². The third-order valence-corrected chi connectivity index (χ3v) is 10.8. The molecule has 0 bridgehead atoms. The number of hydrogen-bond acceptors (Lipinski definition) is 9. The minimum absolute atomic E-state index is 0.0325. The SMILES string of the molecule is Cc1noc(C)c1S(=O)(=O)N(C)C[C@@H]1Oc2ccc(NS(=O)(=O)c3ccc(F)cc3)cc2CC(=O)N([C@H](C)CO)C[C@H]1C. The molecule has 3 atom stereocenters. The first-order chi connectivity index (χ1) is 20.1. The number of rotatable bonds is 9. The molecule has 0 radical (unpaired) electrons. The van der Waals surface area contributed by atoms with Gasteiger partial charge in [-0.3, -0.25) is 9.52 Å². The van der Waals surface area contributed by atoms with E-state index in [0.29, 0.717) is 5.56 Å². The van der Waals surface area contributed by atoms with Crippen molar-refractivity contribution in [3.8, 4) is 5.75 Å². The number of aryl methyl sites for hydroxylation is 2. The minimum atomic E-state index is -4.07. The van der Waals surface area contributed by atoms with E-state index >= 15 is 0 Å². The van der Waals surface area contributed by atoms with Crippen LogP contribution in [-0.2, 0) is 31.3 Å². The lowest BCUT2D eigenvalue weighted by molar-refractivity contribution is -0.134. The smallest absolute Gasteiger partial charge is 0.261 e. The summed E-state index contributed by atoms with van der Waals surface area (Å²) < 4.78 is 81.1. The third-order valence-electron chi connectivity index (χ3n) is 7.37. The van der Waals surface area contributed by atoms with E-state index in [2.05, 4.69) is 9.88 Å². The first kappa shape index (κ1) is 32.4. The van der Waals surface area contributed by atoms with Gasteiger partial charge in [0.15, 0.2) is 5.76 Å². The molecule has 0 spiro atoms. The van der Waals surface area contributed by atoms with Crippen LogP contribution in [0.5, 0.6) is 5.75 Å². The number of halogens is 1. The number of hydrogen-bond donors (Lipinski definition) is 2. The Bertz CT molecular complexity index is 1670. The number of aromatic nitrogens is 1. The standard InChI is InChI=1S/C28H35FN4O8S2/c1-17-14-33(18(2)16-34)27(35)13-21-12-23(31-42(36,37)24-9-6-22(29)7-10-24)8-11-25(21)40-26(17)15-32(5)43(38,39)28-19(3)30-41-20(28)4/h6-12,17-18,26,31,34H,13-16H2,1-5H3/t17-,18-,26+/m1/s1. The Morgan fingerprint density at radius 1 is 1.16 bits per heavy atom. The fourth-order valence-corrected chi connectivity index (χ4v) is 7.40. The molecule has 234 valence electrons. The van der Waals surface area contributed by atoms with E-state index in [4.69, 9.17) is 9.26 Å². The number of anilines is 1. The van der Waals surface area contributed by atoms with E-state index in [9.17, 15) is 31.1 Å². The van der Waals surface area contributed by atoms with Crippen molar-refractivity contribution >= 4 is 31.6 Å². The van der Waals surface area contributed by atoms with E-state index in [-0.39, 0.29) is 70.6 Å². The molecule has 4 rings (SSSR count). The fraction of sp³-hybridized carbons (Fsp3) is 0.429. The largest absolute Gasteiger partial charge is 0.488 e. The van der Waals surface area contributed by atoms with E-state index < -0.39 is 38.0 Å². The molecule has 3 aromatic rings. The second-order valence-corrected chi connectivity index (χ2v) is 14.4. The number of nitrogens with one attached hydrogen (secondary N) is 1. The molecule has 0 aliphatic carbocycles. The molecule has 1 aliphatic heterocycles. The molecule has 0 saturated heterocycles. The monoisotopic (exact) mass is 638 g/mol. The van der Waals surface area contributed by atoms with Gasteiger partial charge in [0, 0.05) is 30.8 Å². The van der Waals surface area contributed by atoms with Gasteiger partial charge < -0.3 is 19.3 Å². The lowest BCUT2D eigenvalue weighted by Crippen LogP contribution is -2.48. The highest BCUT2D eigenvalue weighted by atomic mass is 32.2. The number of fused-ring (bicyclic) bond motifs is 1. The van der Waals surface area contributed by atoms with Gasteiger partial charge in [0.1, 0.15) is 28.3 Å². The number of amides is 1. The summed E-state index contributed by atoms with van der Waals surface area (Å²) in [6, 6.07) is 8.23. The van der Waals surface area contributed by atoms with Crippen molar-refractivity contribution in [1.82, 2.24) is 14.4 Å². The fourth-order valence-electron chi connectivity index (χ4n) is 4.89. The highest BCUT2D eigenvalue weighted by Gasteiger charge is 2.35. The van der Waals surface area contributed by atoms with E-state index in [1.165, 1.54) is 44.0 Å². The van der Waals surface area contributed by atoms with Gasteiger partial charge in [-0.05, 0) is 63.2 Å². The van der Waals surface area contributed by atoms with Crippen LogP contribution in [0.4, 0.5) is 10.1 Å². The number of sulfonamides is 2. The molecule has 1 aromatic heterocycles. The molecule has 1 amide bonds. The summed E-state index contributed by atoms with van der Waals surface area (Å²) in [5.74, 6) is -0.863. The number of aliphatic hydroxyl groups is 1. The lowest BCUT2D eigenvalue weighted by Gasteiger charge is -2.33. The maximum atomic E-state index is 13.5. The summed E-state index contributed by atoms with van der Waals surface area (Å²) >= 11 is 0. The molecule has 12 nitrogen and oxygen atoms in total. The van der Waals surface area contributed by atoms with Crippen molar-refractivity contribution in [2.75, 3.05) is 31.5 Å². The zero-order valence-corrected chi connectivity index (χ0v) is 26.1. The van der Waals surface area contributed by atoms with Crippen LogP contribution in [0.1, 0.15) is 30.9 Å². The molecular formula is C28H35FN4O8S2. The van der Waals surface area contributed by atoms with Crippen molar-refractivity contribution in [3.63, 3.8) is 0 Å². The van der Waals surface area contributed by atoms with E-state index in [0.717, 1.165) is 28.6 Å².